The Bertz CT molecular complexity index is 661. The van der Waals surface area contributed by atoms with E-state index in [4.69, 9.17) is 4.74 Å². The maximum absolute atomic E-state index is 10.9. The molecule has 5 rings (SSSR count). The van der Waals surface area contributed by atoms with Crippen molar-refractivity contribution in [1.82, 2.24) is 0 Å². The van der Waals surface area contributed by atoms with Crippen molar-refractivity contribution in [3.63, 3.8) is 0 Å². The van der Waals surface area contributed by atoms with Gasteiger partial charge < -0.3 is 14.9 Å². The summed E-state index contributed by atoms with van der Waals surface area (Å²) in [6.07, 6.45) is 4.55. The quantitative estimate of drug-likeness (QED) is 0.734. The van der Waals surface area contributed by atoms with E-state index < -0.39 is 0 Å². The van der Waals surface area contributed by atoms with Gasteiger partial charge in [0.15, 0.2) is 11.5 Å². The van der Waals surface area contributed by atoms with Crippen molar-refractivity contribution < 1.29 is 14.9 Å². The van der Waals surface area contributed by atoms with Crippen LogP contribution in [0.1, 0.15) is 82.1 Å². The van der Waals surface area contributed by atoms with Gasteiger partial charge >= 0.3 is 0 Å². The van der Waals surface area contributed by atoms with Crippen LogP contribution in [0, 0.1) is 11.3 Å². The molecule has 2 bridgehead atoms. The van der Waals surface area contributed by atoms with Gasteiger partial charge in [-0.3, -0.25) is 0 Å². The lowest BCUT2D eigenvalue weighted by atomic mass is 9.48. The summed E-state index contributed by atoms with van der Waals surface area (Å²) < 4.78 is 6.19. The number of aromatic hydroxyl groups is 2. The fourth-order valence-corrected chi connectivity index (χ4v) is 5.71. The van der Waals surface area contributed by atoms with Gasteiger partial charge in [-0.1, -0.05) is 34.1 Å². The molecule has 1 unspecified atom stereocenters. The number of hydrogen-bond acceptors (Lipinski definition) is 3. The van der Waals surface area contributed by atoms with E-state index in [-0.39, 0.29) is 34.4 Å². The third-order valence-corrected chi connectivity index (χ3v) is 6.85. The van der Waals surface area contributed by atoms with E-state index in [2.05, 4.69) is 19.9 Å². The van der Waals surface area contributed by atoms with Gasteiger partial charge in [0.1, 0.15) is 0 Å². The molecule has 2 fully saturated rings. The second-order valence-corrected chi connectivity index (χ2v) is 8.87. The zero-order valence-corrected chi connectivity index (χ0v) is 14.6. The van der Waals surface area contributed by atoms with Gasteiger partial charge in [0.25, 0.3) is 0 Å². The number of rotatable bonds is 1. The lowest BCUT2D eigenvalue weighted by molar-refractivity contribution is -0.137. The summed E-state index contributed by atoms with van der Waals surface area (Å²) in [6, 6.07) is 2.10. The fourth-order valence-electron chi connectivity index (χ4n) is 5.71. The van der Waals surface area contributed by atoms with Crippen LogP contribution in [-0.4, -0.2) is 16.8 Å². The van der Waals surface area contributed by atoms with Crippen molar-refractivity contribution in [3.8, 4) is 11.5 Å². The molecule has 1 aromatic rings. The van der Waals surface area contributed by atoms with Crippen molar-refractivity contribution in [3.05, 3.63) is 22.8 Å². The molecule has 0 radical (unpaired) electrons. The Kier molecular flexibility index (Phi) is 3.10. The van der Waals surface area contributed by atoms with Crippen LogP contribution in [-0.2, 0) is 10.2 Å². The number of benzene rings is 1. The maximum Gasteiger partial charge on any atom is 0.162 e. The number of hydrogen-bond donors (Lipinski definition) is 2. The molecule has 3 nitrogen and oxygen atoms in total. The van der Waals surface area contributed by atoms with Crippen molar-refractivity contribution in [2.45, 2.75) is 70.8 Å². The Balaban J connectivity index is 1.97. The Hall–Kier alpha value is -1.22. The number of phenols is 2. The normalized spacial score (nSPS) is 34.3. The molecule has 126 valence electrons. The van der Waals surface area contributed by atoms with Crippen LogP contribution in [0.2, 0.25) is 0 Å². The predicted molar refractivity (Wildman–Crippen MR) is 90.0 cm³/mol. The minimum atomic E-state index is -0.122. The van der Waals surface area contributed by atoms with Crippen molar-refractivity contribution in [2.24, 2.45) is 11.3 Å². The molecule has 0 aromatic heterocycles. The second kappa shape index (κ2) is 4.66. The van der Waals surface area contributed by atoms with Crippen LogP contribution in [0.15, 0.2) is 6.07 Å². The molecule has 1 saturated carbocycles. The van der Waals surface area contributed by atoms with Crippen LogP contribution in [0.25, 0.3) is 0 Å². The molecule has 1 spiro atoms. The van der Waals surface area contributed by atoms with Gasteiger partial charge in [-0.15, -0.1) is 0 Å². The van der Waals surface area contributed by atoms with Crippen molar-refractivity contribution in [2.75, 3.05) is 6.61 Å². The minimum absolute atomic E-state index is 0.0678. The SMILES string of the molecule is CC(C)c1cc2c(c(O)c1O)[C@@]13CCCC(C)(C)[C@@H]1CC2OC3. The first-order chi connectivity index (χ1) is 10.8. The highest BCUT2D eigenvalue weighted by molar-refractivity contribution is 5.61. The maximum atomic E-state index is 10.9. The van der Waals surface area contributed by atoms with E-state index in [0.717, 1.165) is 36.0 Å². The topological polar surface area (TPSA) is 49.7 Å². The monoisotopic (exact) mass is 316 g/mol. The summed E-state index contributed by atoms with van der Waals surface area (Å²) in [5.41, 5.74) is 3.10. The predicted octanol–water partition coefficient (Wildman–Crippen LogP) is 4.76. The Morgan fingerprint density at radius 1 is 1.17 bits per heavy atom. The van der Waals surface area contributed by atoms with Crippen LogP contribution in [0.5, 0.6) is 11.5 Å². The largest absolute Gasteiger partial charge is 0.504 e. The van der Waals surface area contributed by atoms with E-state index in [9.17, 15) is 10.2 Å². The zero-order valence-electron chi connectivity index (χ0n) is 14.6. The van der Waals surface area contributed by atoms with Crippen LogP contribution < -0.4 is 0 Å². The van der Waals surface area contributed by atoms with Crippen molar-refractivity contribution >= 4 is 0 Å². The minimum Gasteiger partial charge on any atom is -0.504 e. The molecule has 2 aliphatic heterocycles. The molecule has 0 amide bonds. The molecule has 4 aliphatic rings. The van der Waals surface area contributed by atoms with Crippen LogP contribution in [0.4, 0.5) is 0 Å². The number of fused-ring (bicyclic) bond motifs is 1. The number of phenolic OH excluding ortho intramolecular Hbond substituents is 2. The van der Waals surface area contributed by atoms with E-state index in [1.54, 1.807) is 0 Å². The van der Waals surface area contributed by atoms with Gasteiger partial charge in [-0.25, -0.2) is 0 Å². The van der Waals surface area contributed by atoms with Gasteiger partial charge in [0.05, 0.1) is 12.7 Å². The van der Waals surface area contributed by atoms with Crippen LogP contribution >= 0.6 is 0 Å². The zero-order chi connectivity index (χ0) is 16.6. The summed E-state index contributed by atoms with van der Waals surface area (Å²) in [5, 5.41) is 21.5. The summed E-state index contributed by atoms with van der Waals surface area (Å²) in [6.45, 7) is 9.50. The van der Waals surface area contributed by atoms with Crippen LogP contribution in [0.3, 0.4) is 0 Å². The first-order valence-electron chi connectivity index (χ1n) is 8.99. The Morgan fingerprint density at radius 2 is 1.91 bits per heavy atom. The third kappa shape index (κ3) is 1.86. The fraction of sp³-hybridized carbons (Fsp3) is 0.700. The van der Waals surface area contributed by atoms with E-state index in [0.29, 0.717) is 12.5 Å². The standard InChI is InChI=1S/C20H28O3/c1-11(2)12-8-13-14-9-15-19(3,4)6-5-7-20(15,10-23-14)16(13)18(22)17(12)21/h8,11,14-15,21-22H,5-7,9-10H2,1-4H3/t14?,15-,20+/m0/s1. The Morgan fingerprint density at radius 3 is 2.61 bits per heavy atom. The molecule has 3 atom stereocenters. The molecule has 2 N–H and O–H groups in total. The molecular weight excluding hydrogens is 288 g/mol. The highest BCUT2D eigenvalue weighted by Gasteiger charge is 2.59. The summed E-state index contributed by atoms with van der Waals surface area (Å²) >= 11 is 0. The number of ether oxygens (including phenoxy) is 1. The third-order valence-electron chi connectivity index (χ3n) is 6.85. The molecular formula is C20H28O3. The highest BCUT2D eigenvalue weighted by atomic mass is 16.5. The molecule has 1 saturated heterocycles. The lowest BCUT2D eigenvalue weighted by Crippen LogP contribution is -2.56. The Labute approximate surface area is 138 Å². The van der Waals surface area contributed by atoms with Gasteiger partial charge in [0, 0.05) is 16.5 Å². The second-order valence-electron chi connectivity index (χ2n) is 8.87. The molecule has 2 heterocycles. The van der Waals surface area contributed by atoms with E-state index in [1.165, 1.54) is 6.42 Å². The lowest BCUT2D eigenvalue weighted by Gasteiger charge is -2.60. The summed E-state index contributed by atoms with van der Waals surface area (Å²) in [5.74, 6) is 0.914. The van der Waals surface area contributed by atoms with E-state index >= 15 is 0 Å². The average Bonchev–Trinajstić information content (AvgIpc) is 2.49. The molecule has 2 aliphatic carbocycles. The van der Waals surface area contributed by atoms with Gasteiger partial charge in [-0.2, -0.15) is 0 Å². The summed E-state index contributed by atoms with van der Waals surface area (Å²) in [4.78, 5) is 0. The van der Waals surface area contributed by atoms with Crippen molar-refractivity contribution in [1.29, 1.82) is 0 Å². The van der Waals surface area contributed by atoms with Gasteiger partial charge in [-0.05, 0) is 48.1 Å². The first kappa shape index (κ1) is 15.3. The average molecular weight is 316 g/mol. The molecule has 3 heteroatoms. The van der Waals surface area contributed by atoms with E-state index in [1.807, 2.05) is 13.8 Å². The molecule has 1 aromatic carbocycles. The highest BCUT2D eigenvalue weighted by Crippen LogP contribution is 2.65. The summed E-state index contributed by atoms with van der Waals surface area (Å²) in [7, 11) is 0. The smallest absolute Gasteiger partial charge is 0.162 e. The molecule has 23 heavy (non-hydrogen) atoms. The van der Waals surface area contributed by atoms with Gasteiger partial charge in [0.2, 0.25) is 0 Å². The first-order valence-corrected chi connectivity index (χ1v) is 8.99.